The van der Waals surface area contributed by atoms with Gasteiger partial charge in [-0.25, -0.2) is 0 Å². The molecule has 0 saturated heterocycles. The number of hydrogen-bond donors (Lipinski definition) is 1. The van der Waals surface area contributed by atoms with Crippen molar-refractivity contribution >= 4 is 0 Å². The summed E-state index contributed by atoms with van der Waals surface area (Å²) in [5.74, 6) is 0. The molecule has 0 heterocycles. The van der Waals surface area contributed by atoms with Crippen molar-refractivity contribution in [2.75, 3.05) is 13.7 Å². The van der Waals surface area contributed by atoms with E-state index in [9.17, 15) is 5.11 Å². The van der Waals surface area contributed by atoms with Gasteiger partial charge in [-0.2, -0.15) is 0 Å². The predicted molar refractivity (Wildman–Crippen MR) is 82.6 cm³/mol. The lowest BCUT2D eigenvalue weighted by Gasteiger charge is -2.27. The lowest BCUT2D eigenvalue weighted by atomic mass is 9.83. The molecular weight excluding hydrogens is 234 g/mol. The van der Waals surface area contributed by atoms with E-state index in [0.717, 1.165) is 6.54 Å². The largest absolute Gasteiger partial charge is 0.395 e. The minimum atomic E-state index is 0.193. The molecule has 1 rings (SSSR count). The van der Waals surface area contributed by atoms with Gasteiger partial charge in [0.05, 0.1) is 6.61 Å². The van der Waals surface area contributed by atoms with Crippen LogP contribution in [0.25, 0.3) is 0 Å². The summed E-state index contributed by atoms with van der Waals surface area (Å²) < 4.78 is 0. The molecule has 1 aromatic rings. The zero-order chi connectivity index (χ0) is 14.8. The summed E-state index contributed by atoms with van der Waals surface area (Å²) in [7, 11) is 2.07. The lowest BCUT2D eigenvalue weighted by molar-refractivity contribution is 0.153. The van der Waals surface area contributed by atoms with E-state index in [0.29, 0.717) is 0 Å². The van der Waals surface area contributed by atoms with Crippen LogP contribution in [0.5, 0.6) is 0 Å². The first-order chi connectivity index (χ1) is 8.66. The Bertz CT molecular complexity index is 408. The standard InChI is InChI=1S/C17H29NO/c1-12-8-15(17(4,5)6)9-13(2)16(12)10-18(7)14(3)11-19/h8-9,14,19H,10-11H2,1-7H3. The zero-order valence-electron chi connectivity index (χ0n) is 13.5. The number of nitrogens with zero attached hydrogens (tertiary/aromatic N) is 1. The van der Waals surface area contributed by atoms with E-state index in [4.69, 9.17) is 0 Å². The molecule has 0 bridgehead atoms. The number of hydrogen-bond acceptors (Lipinski definition) is 2. The summed E-state index contributed by atoms with van der Waals surface area (Å²) in [4.78, 5) is 2.20. The number of aliphatic hydroxyl groups is 1. The third-order valence-electron chi connectivity index (χ3n) is 3.99. The van der Waals surface area contributed by atoms with E-state index in [2.05, 4.69) is 58.7 Å². The molecule has 0 aliphatic heterocycles. The van der Waals surface area contributed by atoms with E-state index in [-0.39, 0.29) is 18.1 Å². The average Bonchev–Trinajstić information content (AvgIpc) is 2.30. The molecule has 0 fully saturated rings. The Morgan fingerprint density at radius 2 is 1.63 bits per heavy atom. The van der Waals surface area contributed by atoms with Gasteiger partial charge in [0.15, 0.2) is 0 Å². The predicted octanol–water partition coefficient (Wildman–Crippen LogP) is 3.41. The normalized spacial score (nSPS) is 13.9. The summed E-state index contributed by atoms with van der Waals surface area (Å²) in [6.07, 6.45) is 0. The Labute approximate surface area is 118 Å². The van der Waals surface area contributed by atoms with E-state index >= 15 is 0 Å². The van der Waals surface area contributed by atoms with Crippen molar-refractivity contribution < 1.29 is 5.11 Å². The minimum Gasteiger partial charge on any atom is -0.395 e. The highest BCUT2D eigenvalue weighted by Crippen LogP contribution is 2.27. The summed E-state index contributed by atoms with van der Waals surface area (Å²) in [6.45, 7) is 14.3. The zero-order valence-corrected chi connectivity index (χ0v) is 13.5. The average molecular weight is 263 g/mol. The van der Waals surface area contributed by atoms with Crippen LogP contribution in [0.1, 0.15) is 49.9 Å². The second kappa shape index (κ2) is 6.06. The number of benzene rings is 1. The molecule has 1 aromatic carbocycles. The van der Waals surface area contributed by atoms with E-state index < -0.39 is 0 Å². The Hall–Kier alpha value is -0.860. The second-order valence-electron chi connectivity index (χ2n) is 6.79. The fourth-order valence-electron chi connectivity index (χ4n) is 2.22. The molecule has 0 aliphatic rings. The Morgan fingerprint density at radius 1 is 1.16 bits per heavy atom. The number of likely N-dealkylation sites (N-methyl/N-ethyl adjacent to an activating group) is 1. The van der Waals surface area contributed by atoms with Crippen LogP contribution in [0.15, 0.2) is 12.1 Å². The van der Waals surface area contributed by atoms with Crippen LogP contribution in [-0.4, -0.2) is 29.7 Å². The van der Waals surface area contributed by atoms with Crippen LogP contribution in [0, 0.1) is 13.8 Å². The van der Waals surface area contributed by atoms with E-state index in [1.54, 1.807) is 0 Å². The monoisotopic (exact) mass is 263 g/mol. The SMILES string of the molecule is Cc1cc(C(C)(C)C)cc(C)c1CN(C)C(C)CO. The third kappa shape index (κ3) is 4.05. The Morgan fingerprint density at radius 3 is 2.00 bits per heavy atom. The smallest absolute Gasteiger partial charge is 0.0584 e. The van der Waals surface area contributed by atoms with Crippen LogP contribution in [0.3, 0.4) is 0 Å². The van der Waals surface area contributed by atoms with Crippen molar-refractivity contribution in [1.29, 1.82) is 0 Å². The number of rotatable bonds is 4. The fourth-order valence-corrected chi connectivity index (χ4v) is 2.22. The summed E-state index contributed by atoms with van der Waals surface area (Å²) in [5.41, 5.74) is 5.67. The summed E-state index contributed by atoms with van der Waals surface area (Å²) in [6, 6.07) is 4.81. The maximum Gasteiger partial charge on any atom is 0.0584 e. The van der Waals surface area contributed by atoms with Crippen molar-refractivity contribution in [2.45, 2.75) is 59.5 Å². The van der Waals surface area contributed by atoms with Crippen LogP contribution < -0.4 is 0 Å². The molecule has 2 nitrogen and oxygen atoms in total. The second-order valence-corrected chi connectivity index (χ2v) is 6.79. The Kier molecular flexibility index (Phi) is 5.17. The van der Waals surface area contributed by atoms with Gasteiger partial charge in [0.1, 0.15) is 0 Å². The summed E-state index contributed by atoms with van der Waals surface area (Å²) in [5, 5.41) is 9.23. The molecule has 0 radical (unpaired) electrons. The van der Waals surface area contributed by atoms with Gasteiger partial charge in [-0.1, -0.05) is 32.9 Å². The Balaban J connectivity index is 3.04. The van der Waals surface area contributed by atoms with Crippen molar-refractivity contribution in [3.63, 3.8) is 0 Å². The molecule has 108 valence electrons. The van der Waals surface area contributed by atoms with Crippen molar-refractivity contribution in [2.24, 2.45) is 0 Å². The molecule has 1 atom stereocenters. The first-order valence-electron chi connectivity index (χ1n) is 7.08. The van der Waals surface area contributed by atoms with Gasteiger partial charge in [-0.05, 0) is 55.5 Å². The van der Waals surface area contributed by atoms with Crippen LogP contribution in [-0.2, 0) is 12.0 Å². The molecule has 19 heavy (non-hydrogen) atoms. The number of aliphatic hydroxyl groups excluding tert-OH is 1. The van der Waals surface area contributed by atoms with Gasteiger partial charge < -0.3 is 5.11 Å². The van der Waals surface area contributed by atoms with Crippen molar-refractivity contribution in [3.8, 4) is 0 Å². The first kappa shape index (κ1) is 16.2. The number of aryl methyl sites for hydroxylation is 2. The third-order valence-corrected chi connectivity index (χ3v) is 3.99. The highest BCUT2D eigenvalue weighted by molar-refractivity contribution is 5.40. The topological polar surface area (TPSA) is 23.5 Å². The van der Waals surface area contributed by atoms with Gasteiger partial charge in [0, 0.05) is 12.6 Å². The molecule has 2 heteroatoms. The van der Waals surface area contributed by atoms with Crippen LogP contribution >= 0.6 is 0 Å². The molecule has 0 aliphatic carbocycles. The van der Waals surface area contributed by atoms with Crippen molar-refractivity contribution in [1.82, 2.24) is 4.90 Å². The van der Waals surface area contributed by atoms with E-state index in [1.165, 1.54) is 22.3 Å². The van der Waals surface area contributed by atoms with Crippen molar-refractivity contribution in [3.05, 3.63) is 34.4 Å². The molecule has 0 amide bonds. The maximum absolute atomic E-state index is 9.23. The molecule has 0 saturated carbocycles. The van der Waals surface area contributed by atoms with Gasteiger partial charge in [-0.15, -0.1) is 0 Å². The maximum atomic E-state index is 9.23. The molecule has 0 spiro atoms. The van der Waals surface area contributed by atoms with E-state index in [1.807, 2.05) is 6.92 Å². The molecule has 1 N–H and O–H groups in total. The first-order valence-corrected chi connectivity index (χ1v) is 7.08. The molecular formula is C17H29NO. The van der Waals surface area contributed by atoms with Gasteiger partial charge in [-0.3, -0.25) is 4.90 Å². The van der Waals surface area contributed by atoms with Gasteiger partial charge >= 0.3 is 0 Å². The molecule has 0 aromatic heterocycles. The van der Waals surface area contributed by atoms with Crippen LogP contribution in [0.2, 0.25) is 0 Å². The quantitative estimate of drug-likeness (QED) is 0.900. The van der Waals surface area contributed by atoms with Gasteiger partial charge in [0.2, 0.25) is 0 Å². The summed E-state index contributed by atoms with van der Waals surface area (Å²) >= 11 is 0. The highest BCUT2D eigenvalue weighted by atomic mass is 16.3. The van der Waals surface area contributed by atoms with Crippen LogP contribution in [0.4, 0.5) is 0 Å². The molecule has 1 unspecified atom stereocenters. The van der Waals surface area contributed by atoms with Gasteiger partial charge in [0.25, 0.3) is 0 Å². The lowest BCUT2D eigenvalue weighted by Crippen LogP contribution is -2.32. The fraction of sp³-hybridized carbons (Fsp3) is 0.647. The highest BCUT2D eigenvalue weighted by Gasteiger charge is 2.17. The minimum absolute atomic E-state index is 0.193.